The molecule has 1 N–H and O–H groups in total. The van der Waals surface area contributed by atoms with Gasteiger partial charge in [0.05, 0.1) is 0 Å². The minimum absolute atomic E-state index is 0.479. The van der Waals surface area contributed by atoms with Crippen LogP contribution in [0.25, 0.3) is 0 Å². The Morgan fingerprint density at radius 1 is 1.53 bits per heavy atom. The van der Waals surface area contributed by atoms with Crippen LogP contribution in [0, 0.1) is 5.92 Å². The van der Waals surface area contributed by atoms with Crippen LogP contribution in [-0.4, -0.2) is 35.6 Å². The summed E-state index contributed by atoms with van der Waals surface area (Å²) < 4.78 is 0. The molecule has 0 aliphatic carbocycles. The summed E-state index contributed by atoms with van der Waals surface area (Å²) in [7, 11) is 0. The van der Waals surface area contributed by atoms with Crippen molar-refractivity contribution in [2.24, 2.45) is 5.92 Å². The van der Waals surface area contributed by atoms with E-state index in [9.17, 15) is 0 Å². The summed E-state index contributed by atoms with van der Waals surface area (Å²) in [6.45, 7) is 7.83. The van der Waals surface area contributed by atoms with Crippen molar-refractivity contribution in [1.29, 1.82) is 0 Å². The zero-order valence-electron chi connectivity index (χ0n) is 10.8. The number of nitrogens with zero attached hydrogens (tertiary/aromatic N) is 3. The summed E-state index contributed by atoms with van der Waals surface area (Å²) in [5.41, 5.74) is 0. The molecule has 0 radical (unpaired) electrons. The molecule has 1 fully saturated rings. The van der Waals surface area contributed by atoms with Gasteiger partial charge in [-0.05, 0) is 51.8 Å². The van der Waals surface area contributed by atoms with E-state index in [2.05, 4.69) is 34.0 Å². The van der Waals surface area contributed by atoms with Gasteiger partial charge in [-0.15, -0.1) is 0 Å². The number of aromatic nitrogens is 2. The Labute approximate surface area is 103 Å². The highest BCUT2D eigenvalue weighted by atomic mass is 15.2. The Hall–Kier alpha value is -1.16. The fraction of sp³-hybridized carbons (Fsp3) is 0.692. The highest BCUT2D eigenvalue weighted by Crippen LogP contribution is 2.18. The molecule has 2 rings (SSSR count). The van der Waals surface area contributed by atoms with Crippen LogP contribution >= 0.6 is 0 Å². The SMILES string of the molecule is CC(C)N(CC1CCCNC1)c1ccncn1. The molecule has 2 heterocycles. The summed E-state index contributed by atoms with van der Waals surface area (Å²) in [5.74, 6) is 1.78. The van der Waals surface area contributed by atoms with E-state index in [1.807, 2.05) is 12.3 Å². The Morgan fingerprint density at radius 3 is 3.00 bits per heavy atom. The first-order valence-corrected chi connectivity index (χ1v) is 6.50. The number of piperidine rings is 1. The molecule has 4 nitrogen and oxygen atoms in total. The second kappa shape index (κ2) is 5.96. The third kappa shape index (κ3) is 3.40. The van der Waals surface area contributed by atoms with Gasteiger partial charge in [0.25, 0.3) is 0 Å². The van der Waals surface area contributed by atoms with E-state index in [0.29, 0.717) is 6.04 Å². The highest BCUT2D eigenvalue weighted by Gasteiger charge is 2.19. The van der Waals surface area contributed by atoms with Gasteiger partial charge in [0, 0.05) is 18.8 Å². The van der Waals surface area contributed by atoms with Crippen LogP contribution in [-0.2, 0) is 0 Å². The summed E-state index contributed by atoms with van der Waals surface area (Å²) in [4.78, 5) is 10.7. The molecule has 0 bridgehead atoms. The molecular weight excluding hydrogens is 212 g/mol. The molecule has 1 aliphatic rings. The number of hydrogen-bond acceptors (Lipinski definition) is 4. The number of anilines is 1. The fourth-order valence-corrected chi connectivity index (χ4v) is 2.38. The fourth-order valence-electron chi connectivity index (χ4n) is 2.38. The average Bonchev–Trinajstić information content (AvgIpc) is 2.38. The average molecular weight is 234 g/mol. The lowest BCUT2D eigenvalue weighted by molar-refractivity contribution is 0.370. The van der Waals surface area contributed by atoms with Crippen LogP contribution in [0.3, 0.4) is 0 Å². The standard InChI is InChI=1S/C13H22N4/c1-11(2)17(13-5-7-15-10-16-13)9-12-4-3-6-14-8-12/h5,7,10-12,14H,3-4,6,8-9H2,1-2H3. The van der Waals surface area contributed by atoms with Crippen molar-refractivity contribution in [3.8, 4) is 0 Å². The third-order valence-corrected chi connectivity index (χ3v) is 3.34. The van der Waals surface area contributed by atoms with Crippen molar-refractivity contribution in [3.05, 3.63) is 18.6 Å². The predicted octanol–water partition coefficient (Wildman–Crippen LogP) is 1.69. The van der Waals surface area contributed by atoms with E-state index in [-0.39, 0.29) is 0 Å². The predicted molar refractivity (Wildman–Crippen MR) is 70.1 cm³/mol. The molecule has 1 aromatic rings. The maximum atomic E-state index is 4.36. The van der Waals surface area contributed by atoms with Gasteiger partial charge in [-0.25, -0.2) is 9.97 Å². The quantitative estimate of drug-likeness (QED) is 0.861. The molecule has 4 heteroatoms. The van der Waals surface area contributed by atoms with E-state index in [4.69, 9.17) is 0 Å². The molecule has 1 aliphatic heterocycles. The van der Waals surface area contributed by atoms with Gasteiger partial charge in [0.2, 0.25) is 0 Å². The molecule has 94 valence electrons. The zero-order chi connectivity index (χ0) is 12.1. The van der Waals surface area contributed by atoms with E-state index >= 15 is 0 Å². The molecule has 17 heavy (non-hydrogen) atoms. The van der Waals surface area contributed by atoms with Crippen LogP contribution in [0.15, 0.2) is 18.6 Å². The van der Waals surface area contributed by atoms with Crippen LogP contribution in [0.5, 0.6) is 0 Å². The maximum Gasteiger partial charge on any atom is 0.132 e. The third-order valence-electron chi connectivity index (χ3n) is 3.34. The van der Waals surface area contributed by atoms with Crippen molar-refractivity contribution in [1.82, 2.24) is 15.3 Å². The van der Waals surface area contributed by atoms with Gasteiger partial charge in [-0.3, -0.25) is 0 Å². The molecule has 0 spiro atoms. The van der Waals surface area contributed by atoms with Crippen molar-refractivity contribution in [2.45, 2.75) is 32.7 Å². The smallest absolute Gasteiger partial charge is 0.132 e. The molecule has 0 aromatic carbocycles. The van der Waals surface area contributed by atoms with Crippen LogP contribution in [0.4, 0.5) is 5.82 Å². The summed E-state index contributed by atoms with van der Waals surface area (Å²) >= 11 is 0. The molecular formula is C13H22N4. The second-order valence-electron chi connectivity index (χ2n) is 5.03. The van der Waals surface area contributed by atoms with Crippen molar-refractivity contribution < 1.29 is 0 Å². The van der Waals surface area contributed by atoms with Gasteiger partial charge < -0.3 is 10.2 Å². The second-order valence-corrected chi connectivity index (χ2v) is 5.03. The minimum Gasteiger partial charge on any atom is -0.354 e. The zero-order valence-corrected chi connectivity index (χ0v) is 10.8. The molecule has 0 saturated carbocycles. The van der Waals surface area contributed by atoms with E-state index in [1.165, 1.54) is 19.4 Å². The molecule has 1 saturated heterocycles. The Bertz CT molecular complexity index is 319. The van der Waals surface area contributed by atoms with Crippen molar-refractivity contribution in [2.75, 3.05) is 24.5 Å². The lowest BCUT2D eigenvalue weighted by atomic mass is 9.98. The van der Waals surface area contributed by atoms with Crippen LogP contribution in [0.2, 0.25) is 0 Å². The Kier molecular flexibility index (Phi) is 4.31. The van der Waals surface area contributed by atoms with E-state index in [1.54, 1.807) is 6.33 Å². The van der Waals surface area contributed by atoms with Crippen LogP contribution in [0.1, 0.15) is 26.7 Å². The van der Waals surface area contributed by atoms with E-state index < -0.39 is 0 Å². The summed E-state index contributed by atoms with van der Waals surface area (Å²) in [6, 6.07) is 2.47. The van der Waals surface area contributed by atoms with Crippen molar-refractivity contribution in [3.63, 3.8) is 0 Å². The highest BCUT2D eigenvalue weighted by molar-refractivity contribution is 5.37. The number of nitrogens with one attached hydrogen (secondary N) is 1. The van der Waals surface area contributed by atoms with Gasteiger partial charge in [-0.2, -0.15) is 0 Å². The summed E-state index contributed by atoms with van der Waals surface area (Å²) in [5, 5.41) is 3.47. The number of hydrogen-bond donors (Lipinski definition) is 1. The van der Waals surface area contributed by atoms with Gasteiger partial charge in [-0.1, -0.05) is 0 Å². The normalized spacial score (nSPS) is 20.5. The van der Waals surface area contributed by atoms with Crippen molar-refractivity contribution >= 4 is 5.82 Å². The lowest BCUT2D eigenvalue weighted by Crippen LogP contribution is -2.41. The Morgan fingerprint density at radius 2 is 2.41 bits per heavy atom. The minimum atomic E-state index is 0.479. The molecule has 1 unspecified atom stereocenters. The molecule has 1 aromatic heterocycles. The van der Waals surface area contributed by atoms with Gasteiger partial charge in [0.1, 0.15) is 12.1 Å². The monoisotopic (exact) mass is 234 g/mol. The van der Waals surface area contributed by atoms with Gasteiger partial charge >= 0.3 is 0 Å². The molecule has 1 atom stereocenters. The first kappa shape index (κ1) is 12.3. The number of rotatable bonds is 4. The lowest BCUT2D eigenvalue weighted by Gasteiger charge is -2.33. The Balaban J connectivity index is 2.02. The topological polar surface area (TPSA) is 41.0 Å². The van der Waals surface area contributed by atoms with E-state index in [0.717, 1.165) is 24.8 Å². The van der Waals surface area contributed by atoms with Crippen LogP contribution < -0.4 is 10.2 Å². The largest absolute Gasteiger partial charge is 0.354 e. The first-order chi connectivity index (χ1) is 8.27. The first-order valence-electron chi connectivity index (χ1n) is 6.50. The molecule has 0 amide bonds. The summed E-state index contributed by atoms with van der Waals surface area (Å²) in [6.07, 6.45) is 6.06. The van der Waals surface area contributed by atoms with Gasteiger partial charge in [0.15, 0.2) is 0 Å². The maximum absolute atomic E-state index is 4.36.